The summed E-state index contributed by atoms with van der Waals surface area (Å²) in [5.41, 5.74) is 3.12. The van der Waals surface area contributed by atoms with Gasteiger partial charge in [-0.15, -0.1) is 0 Å². The summed E-state index contributed by atoms with van der Waals surface area (Å²) in [7, 11) is 0. The van der Waals surface area contributed by atoms with E-state index >= 15 is 0 Å². The second kappa shape index (κ2) is 14.3. The fourth-order valence-electron chi connectivity index (χ4n) is 5.15. The van der Waals surface area contributed by atoms with Gasteiger partial charge < -0.3 is 4.74 Å². The van der Waals surface area contributed by atoms with E-state index in [2.05, 4.69) is 48.1 Å². The number of benzene rings is 1. The second-order valence-electron chi connectivity index (χ2n) is 9.67. The van der Waals surface area contributed by atoms with Gasteiger partial charge in [0.05, 0.1) is 24.2 Å². The van der Waals surface area contributed by atoms with E-state index in [1.54, 1.807) is 0 Å². The molecule has 0 N–H and O–H groups in total. The topological polar surface area (TPSA) is 35.0 Å². The average molecular weight is 437 g/mol. The SMILES string of the molecule is CCCCCc1cnc(-c2ccc(OCCCC3CCCCC3CCCCC)cc2)cn1. The van der Waals surface area contributed by atoms with Gasteiger partial charge in [-0.25, -0.2) is 0 Å². The second-order valence-corrected chi connectivity index (χ2v) is 9.67. The zero-order valence-electron chi connectivity index (χ0n) is 20.5. The quantitative estimate of drug-likeness (QED) is 0.279. The van der Waals surface area contributed by atoms with E-state index in [1.165, 1.54) is 83.5 Å². The van der Waals surface area contributed by atoms with Crippen molar-refractivity contribution < 1.29 is 4.74 Å². The maximum Gasteiger partial charge on any atom is 0.119 e. The van der Waals surface area contributed by atoms with Crippen molar-refractivity contribution >= 4 is 0 Å². The fraction of sp³-hybridized carbons (Fsp3) is 0.655. The molecule has 0 spiro atoms. The summed E-state index contributed by atoms with van der Waals surface area (Å²) in [6.07, 6.45) is 22.4. The normalized spacial score (nSPS) is 18.6. The lowest BCUT2D eigenvalue weighted by atomic mass is 9.74. The lowest BCUT2D eigenvalue weighted by molar-refractivity contribution is 0.190. The van der Waals surface area contributed by atoms with Crippen molar-refractivity contribution in [3.05, 3.63) is 42.4 Å². The maximum absolute atomic E-state index is 6.06. The molecule has 1 saturated carbocycles. The largest absolute Gasteiger partial charge is 0.494 e. The number of aryl methyl sites for hydroxylation is 1. The smallest absolute Gasteiger partial charge is 0.119 e. The molecular formula is C29H44N2O. The van der Waals surface area contributed by atoms with Crippen molar-refractivity contribution in [2.24, 2.45) is 11.8 Å². The Labute approximate surface area is 196 Å². The fourth-order valence-corrected chi connectivity index (χ4v) is 5.15. The van der Waals surface area contributed by atoms with Gasteiger partial charge >= 0.3 is 0 Å². The summed E-state index contributed by atoms with van der Waals surface area (Å²) in [5.74, 6) is 2.85. The molecule has 1 heterocycles. The lowest BCUT2D eigenvalue weighted by Gasteiger charge is -2.31. The van der Waals surface area contributed by atoms with Crippen molar-refractivity contribution in [2.45, 2.75) is 104 Å². The predicted octanol–water partition coefficient (Wildman–Crippen LogP) is 8.42. The Morgan fingerprint density at radius 1 is 0.781 bits per heavy atom. The first-order chi connectivity index (χ1) is 15.8. The van der Waals surface area contributed by atoms with Crippen LogP contribution < -0.4 is 4.74 Å². The minimum atomic E-state index is 0.823. The Morgan fingerprint density at radius 3 is 2.12 bits per heavy atom. The lowest BCUT2D eigenvalue weighted by Crippen LogP contribution is -2.20. The van der Waals surface area contributed by atoms with Gasteiger partial charge in [0.1, 0.15) is 5.75 Å². The van der Waals surface area contributed by atoms with Gasteiger partial charge in [0.25, 0.3) is 0 Å². The zero-order valence-corrected chi connectivity index (χ0v) is 20.5. The van der Waals surface area contributed by atoms with Crippen molar-refractivity contribution in [3.63, 3.8) is 0 Å². The summed E-state index contributed by atoms with van der Waals surface area (Å²) >= 11 is 0. The van der Waals surface area contributed by atoms with Crippen LogP contribution in [0.15, 0.2) is 36.7 Å². The van der Waals surface area contributed by atoms with E-state index in [0.29, 0.717) is 0 Å². The summed E-state index contributed by atoms with van der Waals surface area (Å²) in [4.78, 5) is 9.20. The van der Waals surface area contributed by atoms with E-state index in [4.69, 9.17) is 4.74 Å². The van der Waals surface area contributed by atoms with E-state index in [9.17, 15) is 0 Å². The summed E-state index contributed by atoms with van der Waals surface area (Å²) in [6, 6.07) is 8.34. The summed E-state index contributed by atoms with van der Waals surface area (Å²) < 4.78 is 6.06. The van der Waals surface area contributed by atoms with Crippen LogP contribution in [0.4, 0.5) is 0 Å². The molecule has 1 fully saturated rings. The van der Waals surface area contributed by atoms with Crippen LogP contribution in [0.5, 0.6) is 5.75 Å². The predicted molar refractivity (Wildman–Crippen MR) is 135 cm³/mol. The summed E-state index contributed by atoms with van der Waals surface area (Å²) in [6.45, 7) is 5.36. The zero-order chi connectivity index (χ0) is 22.4. The Kier molecular flexibility index (Phi) is 11.0. The Bertz CT molecular complexity index is 741. The highest BCUT2D eigenvalue weighted by Crippen LogP contribution is 2.36. The Morgan fingerprint density at radius 2 is 1.47 bits per heavy atom. The Hall–Kier alpha value is -1.90. The van der Waals surface area contributed by atoms with Crippen LogP contribution in [0.2, 0.25) is 0 Å². The van der Waals surface area contributed by atoms with E-state index in [0.717, 1.165) is 47.6 Å². The number of rotatable bonds is 14. The first-order valence-electron chi connectivity index (χ1n) is 13.3. The first kappa shape index (κ1) is 24.7. The Balaban J connectivity index is 1.40. The average Bonchev–Trinajstić information content (AvgIpc) is 2.84. The maximum atomic E-state index is 6.06. The summed E-state index contributed by atoms with van der Waals surface area (Å²) in [5, 5.41) is 0. The first-order valence-corrected chi connectivity index (χ1v) is 13.3. The van der Waals surface area contributed by atoms with E-state index in [-0.39, 0.29) is 0 Å². The van der Waals surface area contributed by atoms with Crippen LogP contribution in [-0.4, -0.2) is 16.6 Å². The third-order valence-electron chi connectivity index (χ3n) is 7.12. The number of hydrogen-bond acceptors (Lipinski definition) is 3. The van der Waals surface area contributed by atoms with Gasteiger partial charge in [-0.2, -0.15) is 0 Å². The van der Waals surface area contributed by atoms with E-state index in [1.807, 2.05) is 12.4 Å². The highest BCUT2D eigenvalue weighted by Gasteiger charge is 2.24. The van der Waals surface area contributed by atoms with Crippen LogP contribution in [0.1, 0.15) is 103 Å². The van der Waals surface area contributed by atoms with Crippen LogP contribution in [-0.2, 0) is 6.42 Å². The van der Waals surface area contributed by atoms with Gasteiger partial charge in [0.2, 0.25) is 0 Å². The van der Waals surface area contributed by atoms with Crippen LogP contribution >= 0.6 is 0 Å². The molecule has 1 aromatic heterocycles. The van der Waals surface area contributed by atoms with Gasteiger partial charge in [-0.1, -0.05) is 78.1 Å². The van der Waals surface area contributed by atoms with Gasteiger partial charge in [-0.3, -0.25) is 9.97 Å². The number of ether oxygens (including phenoxy) is 1. The molecule has 1 aliphatic rings. The molecule has 3 rings (SSSR count). The molecule has 1 aliphatic carbocycles. The molecule has 0 amide bonds. The molecular weight excluding hydrogens is 392 g/mol. The highest BCUT2D eigenvalue weighted by atomic mass is 16.5. The third kappa shape index (κ3) is 8.22. The molecule has 2 unspecified atom stereocenters. The molecule has 0 bridgehead atoms. The monoisotopic (exact) mass is 436 g/mol. The molecule has 0 radical (unpaired) electrons. The van der Waals surface area contributed by atoms with Gasteiger partial charge in [0.15, 0.2) is 0 Å². The van der Waals surface area contributed by atoms with Crippen molar-refractivity contribution in [2.75, 3.05) is 6.61 Å². The molecule has 2 atom stereocenters. The molecule has 32 heavy (non-hydrogen) atoms. The minimum absolute atomic E-state index is 0.823. The van der Waals surface area contributed by atoms with Crippen LogP contribution in [0.3, 0.4) is 0 Å². The number of aromatic nitrogens is 2. The molecule has 176 valence electrons. The molecule has 3 heteroatoms. The van der Waals surface area contributed by atoms with Gasteiger partial charge in [-0.05, 0) is 61.8 Å². The number of unbranched alkanes of at least 4 members (excludes halogenated alkanes) is 4. The minimum Gasteiger partial charge on any atom is -0.494 e. The van der Waals surface area contributed by atoms with Gasteiger partial charge in [0, 0.05) is 11.8 Å². The molecule has 1 aromatic carbocycles. The van der Waals surface area contributed by atoms with Crippen molar-refractivity contribution in [3.8, 4) is 17.0 Å². The highest BCUT2D eigenvalue weighted by molar-refractivity contribution is 5.58. The van der Waals surface area contributed by atoms with Crippen LogP contribution in [0.25, 0.3) is 11.3 Å². The van der Waals surface area contributed by atoms with Crippen LogP contribution in [0, 0.1) is 11.8 Å². The van der Waals surface area contributed by atoms with Crippen molar-refractivity contribution in [1.82, 2.24) is 9.97 Å². The molecule has 0 saturated heterocycles. The molecule has 2 aromatic rings. The molecule has 3 nitrogen and oxygen atoms in total. The number of nitrogens with zero attached hydrogens (tertiary/aromatic N) is 2. The third-order valence-corrected chi connectivity index (χ3v) is 7.12. The number of hydrogen-bond donors (Lipinski definition) is 0. The standard InChI is InChI=1S/C29H44N2O/c1-3-5-7-12-24-13-9-10-14-25(24)15-11-21-32-28-19-17-26(18-20-28)29-23-30-27(22-31-29)16-8-6-4-2/h17-20,22-25H,3-16,21H2,1-2H3. The van der Waals surface area contributed by atoms with E-state index < -0.39 is 0 Å². The van der Waals surface area contributed by atoms with Crippen molar-refractivity contribution in [1.29, 1.82) is 0 Å². The molecule has 0 aliphatic heterocycles.